The fourth-order valence-electron chi connectivity index (χ4n) is 5.12. The van der Waals surface area contributed by atoms with Gasteiger partial charge in [-0.3, -0.25) is 14.3 Å². The maximum Gasteiger partial charge on any atom is 0.255 e. The number of pyridine rings is 1. The molecule has 2 N–H and O–H groups in total. The normalized spacial score (nSPS) is 15.8. The van der Waals surface area contributed by atoms with Crippen molar-refractivity contribution in [3.8, 4) is 22.5 Å². The Morgan fingerprint density at radius 1 is 1.09 bits per heavy atom. The maximum absolute atomic E-state index is 13.1. The van der Waals surface area contributed by atoms with Crippen LogP contribution in [0.4, 0.5) is 5.95 Å². The fourth-order valence-corrected chi connectivity index (χ4v) is 5.12. The van der Waals surface area contributed by atoms with Crippen molar-refractivity contribution in [2.45, 2.75) is 58.8 Å². The molecule has 3 aromatic heterocycles. The van der Waals surface area contributed by atoms with E-state index < -0.39 is 0 Å². The van der Waals surface area contributed by atoms with Crippen molar-refractivity contribution in [3.05, 3.63) is 64.7 Å². The molecule has 0 bridgehead atoms. The first-order valence-corrected chi connectivity index (χ1v) is 11.9. The highest BCUT2D eigenvalue weighted by Gasteiger charge is 2.39. The Bertz CT molecular complexity index is 1410. The number of hydrogen-bond donors (Lipinski definition) is 2. The third kappa shape index (κ3) is 3.60. The van der Waals surface area contributed by atoms with Crippen molar-refractivity contribution < 1.29 is 0 Å². The van der Waals surface area contributed by atoms with Gasteiger partial charge in [0.1, 0.15) is 0 Å². The predicted octanol–water partition coefficient (Wildman–Crippen LogP) is 4.74. The Hall–Kier alpha value is -3.45. The Kier molecular flexibility index (Phi) is 5.32. The molecule has 1 aliphatic rings. The number of fused-ring (bicyclic) bond motifs is 2. The minimum Gasteiger partial charge on any atom is -0.360 e. The molecule has 34 heavy (non-hydrogen) atoms. The van der Waals surface area contributed by atoms with Gasteiger partial charge >= 0.3 is 0 Å². The summed E-state index contributed by atoms with van der Waals surface area (Å²) in [6.45, 7) is 11.4. The summed E-state index contributed by atoms with van der Waals surface area (Å²) < 4.78 is 1.79. The Morgan fingerprint density at radius 2 is 1.88 bits per heavy atom. The largest absolute Gasteiger partial charge is 0.360 e. The van der Waals surface area contributed by atoms with E-state index in [-0.39, 0.29) is 23.2 Å². The van der Waals surface area contributed by atoms with E-state index in [1.165, 1.54) is 0 Å². The highest BCUT2D eigenvalue weighted by atomic mass is 16.1. The van der Waals surface area contributed by atoms with Gasteiger partial charge in [-0.15, -0.1) is 0 Å². The third-order valence-corrected chi connectivity index (χ3v) is 6.89. The van der Waals surface area contributed by atoms with Gasteiger partial charge < -0.3 is 15.2 Å². The topological polar surface area (TPSA) is 78.8 Å². The highest BCUT2D eigenvalue weighted by Crippen LogP contribution is 2.36. The zero-order valence-corrected chi connectivity index (χ0v) is 20.7. The van der Waals surface area contributed by atoms with Crippen LogP contribution >= 0.6 is 0 Å². The number of anilines is 1. The molecule has 0 fully saturated rings. The van der Waals surface area contributed by atoms with Gasteiger partial charge in [0, 0.05) is 52.6 Å². The minimum atomic E-state index is -0.165. The summed E-state index contributed by atoms with van der Waals surface area (Å²) in [4.78, 5) is 28.4. The number of nitrogens with one attached hydrogen (secondary N) is 2. The minimum absolute atomic E-state index is 0.0161. The van der Waals surface area contributed by atoms with Gasteiger partial charge in [0.25, 0.3) is 5.56 Å². The van der Waals surface area contributed by atoms with E-state index in [2.05, 4.69) is 80.2 Å². The fraction of sp³-hybridized carbons (Fsp3) is 0.370. The van der Waals surface area contributed by atoms with Crippen LogP contribution in [-0.4, -0.2) is 38.1 Å². The quantitative estimate of drug-likeness (QED) is 0.453. The van der Waals surface area contributed by atoms with Gasteiger partial charge in [-0.05, 0) is 65.4 Å². The average Bonchev–Trinajstić information content (AvgIpc) is 3.35. The smallest absolute Gasteiger partial charge is 0.255 e. The standard InChI is InChI=1S/C27H32N6O/c1-16(2)33-26-31-24(12-25(34)32(26)15-27(33,4)5)21-14-30-23-10-7-18(11-20(21)23)22-9-8-19(13-29-22)17(3)28-6/h7-14,16-17,28,30H,15H2,1-6H3/t17-/m1/s1. The van der Waals surface area contributed by atoms with Crippen molar-refractivity contribution in [2.75, 3.05) is 11.9 Å². The second kappa shape index (κ2) is 8.09. The van der Waals surface area contributed by atoms with Gasteiger partial charge in [-0.1, -0.05) is 12.1 Å². The summed E-state index contributed by atoms with van der Waals surface area (Å²) in [5, 5.41) is 4.27. The van der Waals surface area contributed by atoms with Crippen LogP contribution in [-0.2, 0) is 6.54 Å². The first kappa shape index (κ1) is 22.3. The van der Waals surface area contributed by atoms with Gasteiger partial charge in [-0.2, -0.15) is 0 Å². The molecule has 7 nitrogen and oxygen atoms in total. The molecule has 1 atom stereocenters. The lowest BCUT2D eigenvalue weighted by Gasteiger charge is -2.35. The second-order valence-corrected chi connectivity index (χ2v) is 10.1. The molecular weight excluding hydrogens is 424 g/mol. The van der Waals surface area contributed by atoms with Crippen LogP contribution in [0.1, 0.15) is 46.2 Å². The van der Waals surface area contributed by atoms with Crippen LogP contribution < -0.4 is 15.8 Å². The molecule has 0 amide bonds. The molecule has 0 unspecified atom stereocenters. The van der Waals surface area contributed by atoms with Crippen molar-refractivity contribution in [3.63, 3.8) is 0 Å². The number of rotatable bonds is 5. The van der Waals surface area contributed by atoms with Crippen LogP contribution in [0, 0.1) is 0 Å². The van der Waals surface area contributed by atoms with Gasteiger partial charge in [0.05, 0.1) is 23.5 Å². The number of benzene rings is 1. The zero-order valence-electron chi connectivity index (χ0n) is 20.7. The maximum atomic E-state index is 13.1. The lowest BCUT2D eigenvalue weighted by molar-refractivity contribution is 0.425. The SMILES string of the molecule is CN[C@H](C)c1ccc(-c2ccc3[nH]cc(-c4cc(=O)n5c(n4)N(C(C)C)C(C)(C)C5)c3c2)nc1. The lowest BCUT2D eigenvalue weighted by Crippen LogP contribution is -2.45. The summed E-state index contributed by atoms with van der Waals surface area (Å²) >= 11 is 0. The van der Waals surface area contributed by atoms with Crippen molar-refractivity contribution in [1.82, 2.24) is 24.8 Å². The van der Waals surface area contributed by atoms with Gasteiger partial charge in [-0.25, -0.2) is 4.98 Å². The van der Waals surface area contributed by atoms with Crippen LogP contribution in [0.2, 0.25) is 0 Å². The molecule has 4 aromatic rings. The number of nitrogens with zero attached hydrogens (tertiary/aromatic N) is 4. The van der Waals surface area contributed by atoms with Crippen LogP contribution in [0.15, 0.2) is 53.6 Å². The molecule has 0 saturated heterocycles. The molecule has 0 radical (unpaired) electrons. The summed E-state index contributed by atoms with van der Waals surface area (Å²) in [6.07, 6.45) is 3.86. The van der Waals surface area contributed by atoms with Crippen molar-refractivity contribution in [2.24, 2.45) is 0 Å². The average molecular weight is 457 g/mol. The number of H-pyrrole nitrogens is 1. The lowest BCUT2D eigenvalue weighted by atomic mass is 10.0. The van der Waals surface area contributed by atoms with E-state index in [0.29, 0.717) is 12.2 Å². The van der Waals surface area contributed by atoms with Crippen LogP contribution in [0.25, 0.3) is 33.4 Å². The molecule has 0 spiro atoms. The Labute approximate surface area is 199 Å². The van der Waals surface area contributed by atoms with E-state index in [1.54, 1.807) is 10.6 Å². The Balaban J connectivity index is 1.59. The molecule has 0 saturated carbocycles. The first-order chi connectivity index (χ1) is 16.2. The van der Waals surface area contributed by atoms with E-state index >= 15 is 0 Å². The van der Waals surface area contributed by atoms with Crippen LogP contribution in [0.5, 0.6) is 0 Å². The van der Waals surface area contributed by atoms with Crippen LogP contribution in [0.3, 0.4) is 0 Å². The molecule has 1 aromatic carbocycles. The van der Waals surface area contributed by atoms with E-state index in [0.717, 1.165) is 39.2 Å². The molecule has 0 aliphatic carbocycles. The van der Waals surface area contributed by atoms with E-state index in [9.17, 15) is 4.79 Å². The zero-order chi connectivity index (χ0) is 24.2. The summed E-state index contributed by atoms with van der Waals surface area (Å²) in [5.74, 6) is 0.740. The van der Waals surface area contributed by atoms with Crippen molar-refractivity contribution >= 4 is 16.9 Å². The number of aromatic nitrogens is 4. The molecule has 1 aliphatic heterocycles. The summed E-state index contributed by atoms with van der Waals surface area (Å²) in [5.41, 5.74) is 5.52. The first-order valence-electron chi connectivity index (χ1n) is 11.9. The molecule has 7 heteroatoms. The molecular formula is C27H32N6O. The van der Waals surface area contributed by atoms with E-state index in [1.807, 2.05) is 19.4 Å². The highest BCUT2D eigenvalue weighted by molar-refractivity contribution is 5.97. The Morgan fingerprint density at radius 3 is 2.56 bits per heavy atom. The molecule has 176 valence electrons. The summed E-state index contributed by atoms with van der Waals surface area (Å²) in [6, 6.07) is 12.6. The number of aromatic amines is 1. The summed E-state index contributed by atoms with van der Waals surface area (Å²) in [7, 11) is 1.94. The second-order valence-electron chi connectivity index (χ2n) is 10.1. The number of hydrogen-bond acceptors (Lipinski definition) is 5. The monoisotopic (exact) mass is 456 g/mol. The van der Waals surface area contributed by atoms with Gasteiger partial charge in [0.2, 0.25) is 5.95 Å². The third-order valence-electron chi connectivity index (χ3n) is 6.89. The molecule has 5 rings (SSSR count). The molecule has 4 heterocycles. The predicted molar refractivity (Wildman–Crippen MR) is 138 cm³/mol. The van der Waals surface area contributed by atoms with Crippen molar-refractivity contribution in [1.29, 1.82) is 0 Å². The van der Waals surface area contributed by atoms with E-state index in [4.69, 9.17) is 9.97 Å². The van der Waals surface area contributed by atoms with Gasteiger partial charge in [0.15, 0.2) is 0 Å².